The second-order valence-corrected chi connectivity index (χ2v) is 7.93. The molecule has 0 aromatic heterocycles. The molecule has 0 aromatic carbocycles. The Morgan fingerprint density at radius 3 is 2.22 bits per heavy atom. The molecule has 1 N–H and O–H groups in total. The molecule has 0 spiro atoms. The highest BCUT2D eigenvalue weighted by Gasteiger charge is 2.57. The fourth-order valence-electron chi connectivity index (χ4n) is 4.81. The molecular formula is C16H27NO. The van der Waals surface area contributed by atoms with Crippen molar-refractivity contribution in [2.75, 3.05) is 0 Å². The van der Waals surface area contributed by atoms with E-state index in [2.05, 4.69) is 33.8 Å². The summed E-state index contributed by atoms with van der Waals surface area (Å²) in [6, 6.07) is 2.53. The zero-order valence-corrected chi connectivity index (χ0v) is 12.3. The molecule has 2 fully saturated rings. The van der Waals surface area contributed by atoms with Crippen LogP contribution in [0.1, 0.15) is 66.2 Å². The van der Waals surface area contributed by atoms with E-state index in [1.54, 1.807) is 0 Å². The van der Waals surface area contributed by atoms with Gasteiger partial charge in [0.05, 0.1) is 17.1 Å². The molecular weight excluding hydrogens is 222 g/mol. The van der Waals surface area contributed by atoms with Crippen molar-refractivity contribution in [1.29, 1.82) is 5.26 Å². The zero-order valence-electron chi connectivity index (χ0n) is 12.3. The maximum Gasteiger partial charge on any atom is 0.0863 e. The van der Waals surface area contributed by atoms with Crippen LogP contribution in [0.5, 0.6) is 0 Å². The predicted molar refractivity (Wildman–Crippen MR) is 72.8 cm³/mol. The number of hydrogen-bond acceptors (Lipinski definition) is 2. The second kappa shape index (κ2) is 4.23. The lowest BCUT2D eigenvalue weighted by Gasteiger charge is -2.51. The van der Waals surface area contributed by atoms with Crippen molar-refractivity contribution in [2.45, 2.75) is 71.8 Å². The predicted octanol–water partition coefficient (Wildman–Crippen LogP) is 3.89. The quantitative estimate of drug-likeness (QED) is 0.766. The molecule has 2 aliphatic rings. The van der Waals surface area contributed by atoms with E-state index in [-0.39, 0.29) is 5.41 Å². The normalized spacial score (nSPS) is 47.8. The Labute approximate surface area is 111 Å². The molecule has 0 radical (unpaired) electrons. The summed E-state index contributed by atoms with van der Waals surface area (Å²) in [5.74, 6) is 1.09. The van der Waals surface area contributed by atoms with Crippen molar-refractivity contribution in [1.82, 2.24) is 0 Å². The van der Waals surface area contributed by atoms with E-state index in [1.807, 2.05) is 0 Å². The summed E-state index contributed by atoms with van der Waals surface area (Å²) >= 11 is 0. The van der Waals surface area contributed by atoms with Crippen LogP contribution in [-0.2, 0) is 0 Å². The number of nitriles is 1. The second-order valence-electron chi connectivity index (χ2n) is 7.93. The average Bonchev–Trinajstić information content (AvgIpc) is 2.58. The molecule has 0 aromatic rings. The first kappa shape index (κ1) is 13.9. The SMILES string of the molecule is CC1CC(C)(C)CC(O)(C2(C#N)CCC(C)C2)C1. The van der Waals surface area contributed by atoms with Crippen molar-refractivity contribution in [3.63, 3.8) is 0 Å². The summed E-state index contributed by atoms with van der Waals surface area (Å²) < 4.78 is 0. The van der Waals surface area contributed by atoms with Crippen LogP contribution in [-0.4, -0.2) is 10.7 Å². The van der Waals surface area contributed by atoms with Crippen LogP contribution in [0.3, 0.4) is 0 Å². The lowest BCUT2D eigenvalue weighted by atomic mass is 9.56. The molecule has 2 aliphatic carbocycles. The minimum Gasteiger partial charge on any atom is -0.388 e. The Hall–Kier alpha value is -0.550. The topological polar surface area (TPSA) is 44.0 Å². The van der Waals surface area contributed by atoms with Crippen LogP contribution in [0.2, 0.25) is 0 Å². The third-order valence-electron chi connectivity index (χ3n) is 5.22. The van der Waals surface area contributed by atoms with Gasteiger partial charge in [-0.3, -0.25) is 0 Å². The van der Waals surface area contributed by atoms with Crippen molar-refractivity contribution < 1.29 is 5.11 Å². The highest BCUT2D eigenvalue weighted by atomic mass is 16.3. The number of rotatable bonds is 1. The first-order valence-corrected chi connectivity index (χ1v) is 7.36. The third kappa shape index (κ3) is 2.18. The van der Waals surface area contributed by atoms with Gasteiger partial charge < -0.3 is 5.11 Å². The van der Waals surface area contributed by atoms with Gasteiger partial charge in [-0.25, -0.2) is 0 Å². The highest BCUT2D eigenvalue weighted by Crippen LogP contribution is 2.57. The Morgan fingerprint density at radius 2 is 1.78 bits per heavy atom. The van der Waals surface area contributed by atoms with E-state index >= 15 is 0 Å². The molecule has 2 nitrogen and oxygen atoms in total. The van der Waals surface area contributed by atoms with Crippen LogP contribution in [0.25, 0.3) is 0 Å². The minimum atomic E-state index is -0.770. The van der Waals surface area contributed by atoms with Crippen LogP contribution >= 0.6 is 0 Å². The van der Waals surface area contributed by atoms with E-state index in [4.69, 9.17) is 0 Å². The van der Waals surface area contributed by atoms with Crippen molar-refractivity contribution >= 4 is 0 Å². The molecule has 102 valence electrons. The van der Waals surface area contributed by atoms with E-state index in [0.717, 1.165) is 38.5 Å². The average molecular weight is 249 g/mol. The Bertz CT molecular complexity index is 370. The van der Waals surface area contributed by atoms with Crippen molar-refractivity contribution in [2.24, 2.45) is 22.7 Å². The van der Waals surface area contributed by atoms with Crippen LogP contribution in [0, 0.1) is 34.0 Å². The van der Waals surface area contributed by atoms with Gasteiger partial charge in [-0.1, -0.05) is 27.7 Å². The fraction of sp³-hybridized carbons (Fsp3) is 0.938. The van der Waals surface area contributed by atoms with Gasteiger partial charge in [0.15, 0.2) is 0 Å². The molecule has 18 heavy (non-hydrogen) atoms. The van der Waals surface area contributed by atoms with E-state index in [1.165, 1.54) is 0 Å². The Morgan fingerprint density at radius 1 is 1.11 bits per heavy atom. The van der Waals surface area contributed by atoms with E-state index in [9.17, 15) is 10.4 Å². The maximum atomic E-state index is 11.2. The summed E-state index contributed by atoms with van der Waals surface area (Å²) in [6.07, 6.45) is 5.59. The van der Waals surface area contributed by atoms with Gasteiger partial charge in [-0.15, -0.1) is 0 Å². The summed E-state index contributed by atoms with van der Waals surface area (Å²) in [5.41, 5.74) is -1.10. The summed E-state index contributed by atoms with van der Waals surface area (Å²) in [4.78, 5) is 0. The van der Waals surface area contributed by atoms with Crippen molar-refractivity contribution in [3.05, 3.63) is 0 Å². The molecule has 4 unspecified atom stereocenters. The van der Waals surface area contributed by atoms with Crippen LogP contribution in [0.4, 0.5) is 0 Å². The standard InChI is InChI=1S/C16H27NO/c1-12-5-6-15(8-12,11-17)16(18)9-13(2)7-14(3,4)10-16/h12-13,18H,5-10H2,1-4H3. The maximum absolute atomic E-state index is 11.2. The van der Waals surface area contributed by atoms with Gasteiger partial charge in [0.25, 0.3) is 0 Å². The fourth-order valence-corrected chi connectivity index (χ4v) is 4.81. The van der Waals surface area contributed by atoms with Crippen LogP contribution in [0.15, 0.2) is 0 Å². The summed E-state index contributed by atoms with van der Waals surface area (Å²) in [7, 11) is 0. The first-order chi connectivity index (χ1) is 8.22. The largest absolute Gasteiger partial charge is 0.388 e. The highest BCUT2D eigenvalue weighted by molar-refractivity contribution is 5.17. The number of nitrogens with zero attached hydrogens (tertiary/aromatic N) is 1. The van der Waals surface area contributed by atoms with E-state index < -0.39 is 11.0 Å². The summed E-state index contributed by atoms with van der Waals surface area (Å²) in [6.45, 7) is 8.89. The molecule has 0 aliphatic heterocycles. The molecule has 2 saturated carbocycles. The molecule has 2 heteroatoms. The Kier molecular flexibility index (Phi) is 3.26. The van der Waals surface area contributed by atoms with Crippen LogP contribution < -0.4 is 0 Å². The smallest absolute Gasteiger partial charge is 0.0863 e. The van der Waals surface area contributed by atoms with Gasteiger partial charge in [0, 0.05) is 0 Å². The van der Waals surface area contributed by atoms with Gasteiger partial charge >= 0.3 is 0 Å². The van der Waals surface area contributed by atoms with Gasteiger partial charge in [-0.05, 0) is 55.8 Å². The number of aliphatic hydroxyl groups is 1. The zero-order chi connectivity index (χ0) is 13.6. The third-order valence-corrected chi connectivity index (χ3v) is 5.22. The summed E-state index contributed by atoms with van der Waals surface area (Å²) in [5, 5.41) is 20.9. The van der Waals surface area contributed by atoms with E-state index in [0.29, 0.717) is 11.8 Å². The monoisotopic (exact) mass is 249 g/mol. The van der Waals surface area contributed by atoms with Gasteiger partial charge in [0.1, 0.15) is 0 Å². The van der Waals surface area contributed by atoms with Gasteiger partial charge in [0.2, 0.25) is 0 Å². The van der Waals surface area contributed by atoms with Gasteiger partial charge in [-0.2, -0.15) is 5.26 Å². The molecule has 0 amide bonds. The number of hydrogen-bond donors (Lipinski definition) is 1. The first-order valence-electron chi connectivity index (χ1n) is 7.36. The minimum absolute atomic E-state index is 0.155. The molecule has 0 heterocycles. The lowest BCUT2D eigenvalue weighted by molar-refractivity contribution is -0.125. The molecule has 2 rings (SSSR count). The molecule has 4 atom stereocenters. The Balaban J connectivity index is 2.32. The van der Waals surface area contributed by atoms with Crippen molar-refractivity contribution in [3.8, 4) is 6.07 Å². The molecule has 0 bridgehead atoms. The lowest BCUT2D eigenvalue weighted by Crippen LogP contribution is -2.53. The molecule has 0 saturated heterocycles.